The van der Waals surface area contributed by atoms with Gasteiger partial charge in [-0.1, -0.05) is 146 Å². The van der Waals surface area contributed by atoms with Crippen LogP contribution in [-0.4, -0.2) is 19.5 Å². The van der Waals surface area contributed by atoms with E-state index in [9.17, 15) is 0 Å². The molecule has 0 unspecified atom stereocenters. The average molecular weight is 717 g/mol. The molecule has 0 aliphatic rings. The number of fused-ring (bicyclic) bond motifs is 6. The molecule has 5 nitrogen and oxygen atoms in total. The Balaban J connectivity index is 1.02. The first kappa shape index (κ1) is 31.9. The van der Waals surface area contributed by atoms with Gasteiger partial charge in [0.2, 0.25) is 0 Å². The summed E-state index contributed by atoms with van der Waals surface area (Å²) in [6, 6.07) is 67.4. The van der Waals surface area contributed by atoms with Crippen LogP contribution in [0.25, 0.3) is 106 Å². The molecule has 0 saturated heterocycles. The molecule has 0 bridgehead atoms. The highest BCUT2D eigenvalue weighted by atomic mass is 16.3. The van der Waals surface area contributed by atoms with Gasteiger partial charge in [-0.25, -0.2) is 15.0 Å². The van der Waals surface area contributed by atoms with Gasteiger partial charge in [-0.3, -0.25) is 0 Å². The molecule has 8 aromatic carbocycles. The Kier molecular flexibility index (Phi) is 7.42. The molecule has 0 N–H and O–H groups in total. The summed E-state index contributed by atoms with van der Waals surface area (Å²) in [6.45, 7) is 0. The van der Waals surface area contributed by atoms with E-state index in [-0.39, 0.29) is 0 Å². The van der Waals surface area contributed by atoms with Gasteiger partial charge in [-0.15, -0.1) is 0 Å². The largest absolute Gasteiger partial charge is 0.456 e. The van der Waals surface area contributed by atoms with Crippen molar-refractivity contribution in [2.45, 2.75) is 0 Å². The van der Waals surface area contributed by atoms with Crippen molar-refractivity contribution in [3.05, 3.63) is 194 Å². The Hall–Kier alpha value is -7.63. The predicted molar refractivity (Wildman–Crippen MR) is 229 cm³/mol. The van der Waals surface area contributed by atoms with E-state index in [0.29, 0.717) is 17.5 Å². The molecular weight excluding hydrogens is 685 g/mol. The van der Waals surface area contributed by atoms with E-state index in [0.717, 1.165) is 72.0 Å². The van der Waals surface area contributed by atoms with Crippen molar-refractivity contribution in [3.8, 4) is 62.1 Å². The van der Waals surface area contributed by atoms with E-state index in [4.69, 9.17) is 19.4 Å². The third kappa shape index (κ3) is 5.37. The lowest BCUT2D eigenvalue weighted by molar-refractivity contribution is 0.669. The Bertz CT molecular complexity index is 3200. The first-order chi connectivity index (χ1) is 27.7. The van der Waals surface area contributed by atoms with Crippen molar-refractivity contribution in [1.82, 2.24) is 19.5 Å². The lowest BCUT2D eigenvalue weighted by Gasteiger charge is -2.12. The number of hydrogen-bond acceptors (Lipinski definition) is 4. The number of hydrogen-bond donors (Lipinski definition) is 0. The SMILES string of the molecule is c1ccc(-c2nc(-c3cccc(-c4ccc5c(c4)oc4cccc(-c6ccccc6)c45)c3)nc(-c3cccc(-n4c5ccccc5c5ccccc54)c3)n2)cc1. The molecule has 0 fully saturated rings. The second kappa shape index (κ2) is 13.0. The quantitative estimate of drug-likeness (QED) is 0.172. The van der Waals surface area contributed by atoms with E-state index >= 15 is 0 Å². The van der Waals surface area contributed by atoms with E-state index in [1.165, 1.54) is 16.3 Å². The average Bonchev–Trinajstić information content (AvgIpc) is 3.82. The van der Waals surface area contributed by atoms with Crippen LogP contribution in [0.5, 0.6) is 0 Å². The third-order valence-electron chi connectivity index (χ3n) is 10.6. The molecule has 262 valence electrons. The Morgan fingerprint density at radius 2 is 0.875 bits per heavy atom. The van der Waals surface area contributed by atoms with Crippen molar-refractivity contribution in [1.29, 1.82) is 0 Å². The smallest absolute Gasteiger partial charge is 0.164 e. The minimum atomic E-state index is 0.607. The summed E-state index contributed by atoms with van der Waals surface area (Å²) in [5, 5.41) is 4.66. The minimum absolute atomic E-state index is 0.607. The summed E-state index contributed by atoms with van der Waals surface area (Å²) in [5.74, 6) is 1.84. The van der Waals surface area contributed by atoms with E-state index in [1.807, 2.05) is 42.5 Å². The number of rotatable bonds is 6. The molecule has 11 aromatic rings. The van der Waals surface area contributed by atoms with Gasteiger partial charge in [0.1, 0.15) is 11.2 Å². The van der Waals surface area contributed by atoms with Crippen LogP contribution in [-0.2, 0) is 0 Å². The second-order valence-corrected chi connectivity index (χ2v) is 14.0. The van der Waals surface area contributed by atoms with Crippen molar-refractivity contribution in [2.75, 3.05) is 0 Å². The van der Waals surface area contributed by atoms with Crippen LogP contribution in [0.4, 0.5) is 0 Å². The second-order valence-electron chi connectivity index (χ2n) is 14.0. The van der Waals surface area contributed by atoms with Crippen LogP contribution in [0.1, 0.15) is 0 Å². The Morgan fingerprint density at radius 3 is 1.59 bits per heavy atom. The normalized spacial score (nSPS) is 11.6. The lowest BCUT2D eigenvalue weighted by Crippen LogP contribution is -2.01. The number of nitrogens with zero attached hydrogens (tertiary/aromatic N) is 4. The predicted octanol–water partition coefficient (Wildman–Crippen LogP) is 13.2. The van der Waals surface area contributed by atoms with Crippen molar-refractivity contribution in [3.63, 3.8) is 0 Å². The molecule has 56 heavy (non-hydrogen) atoms. The zero-order chi connectivity index (χ0) is 37.0. The van der Waals surface area contributed by atoms with Gasteiger partial charge < -0.3 is 8.98 Å². The molecule has 0 radical (unpaired) electrons. The molecule has 3 aromatic heterocycles. The Morgan fingerprint density at radius 1 is 0.339 bits per heavy atom. The van der Waals surface area contributed by atoms with Gasteiger partial charge in [0.05, 0.1) is 11.0 Å². The van der Waals surface area contributed by atoms with Crippen molar-refractivity contribution < 1.29 is 4.42 Å². The highest BCUT2D eigenvalue weighted by Gasteiger charge is 2.17. The van der Waals surface area contributed by atoms with Gasteiger partial charge in [-0.2, -0.15) is 0 Å². The van der Waals surface area contributed by atoms with Crippen molar-refractivity contribution >= 4 is 43.7 Å². The fourth-order valence-electron chi connectivity index (χ4n) is 8.04. The molecule has 11 rings (SSSR count). The van der Waals surface area contributed by atoms with Crippen LogP contribution in [0.3, 0.4) is 0 Å². The molecule has 3 heterocycles. The molecule has 0 spiro atoms. The van der Waals surface area contributed by atoms with Crippen LogP contribution >= 0.6 is 0 Å². The molecule has 0 saturated carbocycles. The van der Waals surface area contributed by atoms with Crippen LogP contribution < -0.4 is 0 Å². The summed E-state index contributed by atoms with van der Waals surface area (Å²) in [6.07, 6.45) is 0. The number of furan rings is 1. The lowest BCUT2D eigenvalue weighted by atomic mass is 9.97. The van der Waals surface area contributed by atoms with Crippen LogP contribution in [0.2, 0.25) is 0 Å². The first-order valence-corrected chi connectivity index (χ1v) is 18.8. The van der Waals surface area contributed by atoms with Gasteiger partial charge in [0, 0.05) is 43.9 Å². The molecule has 0 aliphatic heterocycles. The van der Waals surface area contributed by atoms with E-state index in [1.54, 1.807) is 0 Å². The molecular formula is C51H32N4O. The maximum absolute atomic E-state index is 6.47. The van der Waals surface area contributed by atoms with Crippen LogP contribution in [0, 0.1) is 0 Å². The van der Waals surface area contributed by atoms with Gasteiger partial charge in [-0.05, 0) is 70.8 Å². The minimum Gasteiger partial charge on any atom is -0.456 e. The maximum Gasteiger partial charge on any atom is 0.164 e. The topological polar surface area (TPSA) is 56.7 Å². The zero-order valence-electron chi connectivity index (χ0n) is 30.2. The standard InChI is InChI=1S/C51H32N4O/c1-3-14-33(15-4-1)40-24-13-27-46-48(40)43-29-28-36(32-47(43)56-46)35-18-11-19-37(30-35)50-52-49(34-16-5-2-6-17-34)53-51(54-50)38-20-12-21-39(31-38)55-44-25-9-7-22-41(44)42-23-8-10-26-45(42)55/h1-32H. The fraction of sp³-hybridized carbons (Fsp3) is 0. The highest BCUT2D eigenvalue weighted by molar-refractivity contribution is 6.13. The molecule has 5 heteroatoms. The van der Waals surface area contributed by atoms with Crippen molar-refractivity contribution in [2.24, 2.45) is 0 Å². The number of benzene rings is 8. The summed E-state index contributed by atoms with van der Waals surface area (Å²) in [4.78, 5) is 15.3. The van der Waals surface area contributed by atoms with E-state index in [2.05, 4.69) is 156 Å². The fourth-order valence-corrected chi connectivity index (χ4v) is 8.04. The summed E-state index contributed by atoms with van der Waals surface area (Å²) >= 11 is 0. The molecule has 0 amide bonds. The van der Waals surface area contributed by atoms with Gasteiger partial charge in [0.15, 0.2) is 17.5 Å². The van der Waals surface area contributed by atoms with Gasteiger partial charge >= 0.3 is 0 Å². The molecule has 0 atom stereocenters. The van der Waals surface area contributed by atoms with Crippen LogP contribution in [0.15, 0.2) is 199 Å². The monoisotopic (exact) mass is 716 g/mol. The maximum atomic E-state index is 6.47. The summed E-state index contributed by atoms with van der Waals surface area (Å²) in [7, 11) is 0. The summed E-state index contributed by atoms with van der Waals surface area (Å²) in [5.41, 5.74) is 12.2. The summed E-state index contributed by atoms with van der Waals surface area (Å²) < 4.78 is 8.79. The Labute approximate surface area is 322 Å². The number of aromatic nitrogens is 4. The first-order valence-electron chi connectivity index (χ1n) is 18.8. The number of para-hydroxylation sites is 2. The zero-order valence-corrected chi connectivity index (χ0v) is 30.2. The molecule has 0 aliphatic carbocycles. The third-order valence-corrected chi connectivity index (χ3v) is 10.6. The van der Waals surface area contributed by atoms with E-state index < -0.39 is 0 Å². The van der Waals surface area contributed by atoms with Gasteiger partial charge in [0.25, 0.3) is 0 Å². The highest BCUT2D eigenvalue weighted by Crippen LogP contribution is 2.39.